The van der Waals surface area contributed by atoms with Crippen molar-refractivity contribution in [2.75, 3.05) is 6.61 Å². The molecule has 0 atom stereocenters. The second-order valence-electron chi connectivity index (χ2n) is 5.51. The van der Waals surface area contributed by atoms with Crippen LogP contribution in [0.25, 0.3) is 10.9 Å². The van der Waals surface area contributed by atoms with Gasteiger partial charge in [-0.25, -0.2) is 22.4 Å². The van der Waals surface area contributed by atoms with Gasteiger partial charge < -0.3 is 9.30 Å². The first-order valence-corrected chi connectivity index (χ1v) is 7.38. The minimum absolute atomic E-state index is 0.0137. The largest absolute Gasteiger partial charge is 0.462 e. The number of rotatable bonds is 4. The Balaban J connectivity index is 2.43. The van der Waals surface area contributed by atoms with Gasteiger partial charge in [-0.05, 0) is 25.8 Å². The van der Waals surface area contributed by atoms with Crippen LogP contribution in [0.1, 0.15) is 48.2 Å². The van der Waals surface area contributed by atoms with Gasteiger partial charge in [0.25, 0.3) is 6.43 Å². The first kappa shape index (κ1) is 16.5. The zero-order chi connectivity index (χ0) is 17.6. The van der Waals surface area contributed by atoms with E-state index in [-0.39, 0.29) is 23.7 Å². The third kappa shape index (κ3) is 2.55. The molecular formula is C16H13F4NO3. The number of esters is 1. The summed E-state index contributed by atoms with van der Waals surface area (Å²) in [6.45, 7) is 1.56. The molecule has 1 aliphatic carbocycles. The zero-order valence-corrected chi connectivity index (χ0v) is 12.6. The van der Waals surface area contributed by atoms with Crippen LogP contribution in [0.3, 0.4) is 0 Å². The van der Waals surface area contributed by atoms with Crippen LogP contribution in [0.15, 0.2) is 17.1 Å². The summed E-state index contributed by atoms with van der Waals surface area (Å²) in [6.07, 6.45) is -0.950. The number of nitrogens with zero attached hydrogens (tertiary/aromatic N) is 1. The molecule has 8 heteroatoms. The summed E-state index contributed by atoms with van der Waals surface area (Å²) in [5.74, 6) is -4.17. The maximum absolute atomic E-state index is 13.9. The molecule has 3 rings (SSSR count). The molecule has 0 N–H and O–H groups in total. The minimum Gasteiger partial charge on any atom is -0.462 e. The number of pyridine rings is 1. The molecule has 1 aliphatic rings. The fraction of sp³-hybridized carbons (Fsp3) is 0.375. The Kier molecular flexibility index (Phi) is 4.06. The molecule has 1 fully saturated rings. The van der Waals surface area contributed by atoms with Crippen molar-refractivity contribution in [1.82, 2.24) is 4.57 Å². The van der Waals surface area contributed by atoms with Crippen LogP contribution in [0.5, 0.6) is 0 Å². The van der Waals surface area contributed by atoms with E-state index in [0.29, 0.717) is 18.9 Å². The number of hydrogen-bond acceptors (Lipinski definition) is 3. The second-order valence-corrected chi connectivity index (χ2v) is 5.51. The Bertz CT molecular complexity index is 887. The highest BCUT2D eigenvalue weighted by molar-refractivity contribution is 5.94. The Morgan fingerprint density at radius 2 is 2.04 bits per heavy atom. The molecule has 0 saturated heterocycles. The Labute approximate surface area is 133 Å². The lowest BCUT2D eigenvalue weighted by Gasteiger charge is -2.16. The molecule has 1 saturated carbocycles. The summed E-state index contributed by atoms with van der Waals surface area (Å²) < 4.78 is 60.2. The van der Waals surface area contributed by atoms with Gasteiger partial charge in [-0.1, -0.05) is 0 Å². The third-order valence-electron chi connectivity index (χ3n) is 3.90. The maximum atomic E-state index is 13.9. The van der Waals surface area contributed by atoms with Gasteiger partial charge >= 0.3 is 5.97 Å². The van der Waals surface area contributed by atoms with Crippen molar-refractivity contribution < 1.29 is 27.1 Å². The molecular weight excluding hydrogens is 330 g/mol. The molecule has 0 spiro atoms. The molecule has 1 aromatic carbocycles. The molecule has 0 unspecified atom stereocenters. The topological polar surface area (TPSA) is 48.3 Å². The smallest absolute Gasteiger partial charge is 0.343 e. The van der Waals surface area contributed by atoms with Crippen LogP contribution in [-0.4, -0.2) is 17.1 Å². The molecule has 0 aliphatic heterocycles. The second kappa shape index (κ2) is 5.92. The van der Waals surface area contributed by atoms with Gasteiger partial charge in [0.15, 0.2) is 11.6 Å². The van der Waals surface area contributed by atoms with Crippen molar-refractivity contribution in [2.45, 2.75) is 32.2 Å². The van der Waals surface area contributed by atoms with Crippen LogP contribution in [0.4, 0.5) is 17.6 Å². The number of hydrogen-bond donors (Lipinski definition) is 0. The lowest BCUT2D eigenvalue weighted by atomic mass is 10.1. The highest BCUT2D eigenvalue weighted by Gasteiger charge is 2.32. The van der Waals surface area contributed by atoms with Crippen molar-refractivity contribution >= 4 is 16.9 Å². The van der Waals surface area contributed by atoms with Crippen molar-refractivity contribution in [3.63, 3.8) is 0 Å². The molecule has 1 heterocycles. The van der Waals surface area contributed by atoms with Gasteiger partial charge in [0, 0.05) is 12.2 Å². The lowest BCUT2D eigenvalue weighted by Crippen LogP contribution is -2.22. The number of fused-ring (bicyclic) bond motifs is 1. The van der Waals surface area contributed by atoms with Gasteiger partial charge in [0.2, 0.25) is 5.43 Å². The summed E-state index contributed by atoms with van der Waals surface area (Å²) in [5, 5.41) is -0.457. The molecule has 4 nitrogen and oxygen atoms in total. The summed E-state index contributed by atoms with van der Waals surface area (Å²) >= 11 is 0. The monoisotopic (exact) mass is 343 g/mol. The van der Waals surface area contributed by atoms with Crippen LogP contribution in [-0.2, 0) is 4.74 Å². The average molecular weight is 343 g/mol. The van der Waals surface area contributed by atoms with Gasteiger partial charge in [-0.2, -0.15) is 0 Å². The normalized spacial score (nSPS) is 14.4. The fourth-order valence-corrected chi connectivity index (χ4v) is 2.69. The fourth-order valence-electron chi connectivity index (χ4n) is 2.69. The van der Waals surface area contributed by atoms with E-state index in [1.165, 1.54) is 4.57 Å². The minimum atomic E-state index is -3.30. The molecule has 1 aromatic heterocycles. The summed E-state index contributed by atoms with van der Waals surface area (Å²) in [7, 11) is 0. The number of benzene rings is 1. The van der Waals surface area contributed by atoms with E-state index in [4.69, 9.17) is 4.74 Å². The maximum Gasteiger partial charge on any atom is 0.343 e. The molecule has 0 radical (unpaired) electrons. The van der Waals surface area contributed by atoms with Gasteiger partial charge in [0.1, 0.15) is 5.56 Å². The quantitative estimate of drug-likeness (QED) is 0.628. The van der Waals surface area contributed by atoms with Crippen molar-refractivity contribution in [3.8, 4) is 0 Å². The van der Waals surface area contributed by atoms with Crippen LogP contribution in [0.2, 0.25) is 0 Å². The van der Waals surface area contributed by atoms with Crippen LogP contribution in [0, 0.1) is 11.6 Å². The van der Waals surface area contributed by atoms with E-state index in [2.05, 4.69) is 0 Å². The predicted octanol–water partition coefficient (Wildman–Crippen LogP) is 3.73. The number of halogens is 4. The molecule has 128 valence electrons. The predicted molar refractivity (Wildman–Crippen MR) is 77.3 cm³/mol. The van der Waals surface area contributed by atoms with Crippen molar-refractivity contribution in [1.29, 1.82) is 0 Å². The molecule has 24 heavy (non-hydrogen) atoms. The standard InChI is InChI=1S/C16H13F4NO3/c1-2-24-16(23)9-6-21(7-3-4-7)13-8(14(9)22)5-10(17)12(18)11(13)15(19)20/h5-7,15H,2-4H2,1H3. The average Bonchev–Trinajstić information content (AvgIpc) is 3.34. The molecule has 2 aromatic rings. The molecule has 0 amide bonds. The first-order chi connectivity index (χ1) is 11.4. The van der Waals surface area contributed by atoms with E-state index >= 15 is 0 Å². The van der Waals surface area contributed by atoms with E-state index in [9.17, 15) is 27.2 Å². The van der Waals surface area contributed by atoms with E-state index in [0.717, 1.165) is 6.20 Å². The Morgan fingerprint density at radius 1 is 1.38 bits per heavy atom. The van der Waals surface area contributed by atoms with E-state index in [1.54, 1.807) is 6.92 Å². The van der Waals surface area contributed by atoms with Gasteiger partial charge in [-0.3, -0.25) is 4.79 Å². The number of carbonyl (C=O) groups excluding carboxylic acids is 1. The summed E-state index contributed by atoms with van der Waals surface area (Å²) in [5.41, 5.74) is -2.88. The third-order valence-corrected chi connectivity index (χ3v) is 3.90. The van der Waals surface area contributed by atoms with Crippen molar-refractivity contribution in [2.24, 2.45) is 0 Å². The van der Waals surface area contributed by atoms with Gasteiger partial charge in [-0.15, -0.1) is 0 Å². The van der Waals surface area contributed by atoms with Crippen LogP contribution < -0.4 is 5.43 Å². The Morgan fingerprint density at radius 3 is 2.58 bits per heavy atom. The summed E-state index contributed by atoms with van der Waals surface area (Å²) in [6, 6.07) is 0.309. The van der Waals surface area contributed by atoms with Gasteiger partial charge in [0.05, 0.1) is 23.1 Å². The van der Waals surface area contributed by atoms with Crippen molar-refractivity contribution in [3.05, 3.63) is 45.2 Å². The zero-order valence-electron chi connectivity index (χ0n) is 12.6. The Hall–Kier alpha value is -2.38. The lowest BCUT2D eigenvalue weighted by molar-refractivity contribution is 0.0524. The van der Waals surface area contributed by atoms with E-state index in [1.807, 2.05) is 0 Å². The number of ether oxygens (including phenoxy) is 1. The first-order valence-electron chi connectivity index (χ1n) is 7.38. The van der Waals surface area contributed by atoms with Crippen LogP contribution >= 0.6 is 0 Å². The number of alkyl halides is 2. The SMILES string of the molecule is CCOC(=O)c1cn(C2CC2)c2c(C(F)F)c(F)c(F)cc2c1=O. The highest BCUT2D eigenvalue weighted by atomic mass is 19.3. The highest BCUT2D eigenvalue weighted by Crippen LogP contribution is 2.40. The number of carbonyl (C=O) groups is 1. The summed E-state index contributed by atoms with van der Waals surface area (Å²) in [4.78, 5) is 24.4. The number of aromatic nitrogens is 1. The van der Waals surface area contributed by atoms with E-state index < -0.39 is 40.4 Å². The molecule has 0 bridgehead atoms.